The lowest BCUT2D eigenvalue weighted by Crippen LogP contribution is -2.22. The monoisotopic (exact) mass is 262 g/mol. The van der Waals surface area contributed by atoms with Gasteiger partial charge in [0.1, 0.15) is 5.75 Å². The molecular weight excluding hydrogens is 236 g/mol. The van der Waals surface area contributed by atoms with Gasteiger partial charge in [0, 0.05) is 12.6 Å². The molecular formula is C16H26N2O. The second-order valence-electron chi connectivity index (χ2n) is 6.60. The average molecular weight is 262 g/mol. The maximum Gasteiger partial charge on any atom is 0.123 e. The maximum atomic E-state index is 6.02. The standard InChI is InChI=1S/C16H26N2O/c1-16(2,3)13-8-12(14(18)9-17)6-7-15(13)19-10-11-4-5-11/h6-8,11,14H,4-5,9-10,17-18H2,1-3H3. The first-order chi connectivity index (χ1) is 8.91. The van der Waals surface area contributed by atoms with Crippen LogP contribution in [0.3, 0.4) is 0 Å². The first-order valence-electron chi connectivity index (χ1n) is 7.14. The Bertz CT molecular complexity index is 433. The van der Waals surface area contributed by atoms with Gasteiger partial charge in [0.15, 0.2) is 0 Å². The Hall–Kier alpha value is -1.06. The van der Waals surface area contributed by atoms with Crippen molar-refractivity contribution in [1.82, 2.24) is 0 Å². The zero-order valence-electron chi connectivity index (χ0n) is 12.3. The molecule has 0 heterocycles. The lowest BCUT2D eigenvalue weighted by Gasteiger charge is -2.24. The highest BCUT2D eigenvalue weighted by Crippen LogP contribution is 2.35. The summed E-state index contributed by atoms with van der Waals surface area (Å²) in [4.78, 5) is 0. The number of ether oxygens (including phenoxy) is 1. The van der Waals surface area contributed by atoms with Gasteiger partial charge in [0.05, 0.1) is 6.61 Å². The summed E-state index contributed by atoms with van der Waals surface area (Å²) < 4.78 is 5.98. The molecule has 2 rings (SSSR count). The van der Waals surface area contributed by atoms with Crippen LogP contribution in [-0.4, -0.2) is 13.2 Å². The summed E-state index contributed by atoms with van der Waals surface area (Å²) in [6.45, 7) is 7.90. The largest absolute Gasteiger partial charge is 0.493 e. The van der Waals surface area contributed by atoms with Gasteiger partial charge in [-0.25, -0.2) is 0 Å². The number of rotatable bonds is 5. The third kappa shape index (κ3) is 3.71. The van der Waals surface area contributed by atoms with E-state index in [9.17, 15) is 0 Å². The number of nitrogens with two attached hydrogens (primary N) is 2. The highest BCUT2D eigenvalue weighted by atomic mass is 16.5. The van der Waals surface area contributed by atoms with Crippen LogP contribution in [0.25, 0.3) is 0 Å². The Morgan fingerprint density at radius 2 is 2.00 bits per heavy atom. The minimum Gasteiger partial charge on any atom is -0.493 e. The van der Waals surface area contributed by atoms with E-state index in [1.54, 1.807) is 0 Å². The van der Waals surface area contributed by atoms with E-state index in [-0.39, 0.29) is 11.5 Å². The van der Waals surface area contributed by atoms with Crippen LogP contribution in [0.1, 0.15) is 50.8 Å². The van der Waals surface area contributed by atoms with Crippen molar-refractivity contribution in [3.8, 4) is 5.75 Å². The molecule has 1 unspecified atom stereocenters. The third-order valence-corrected chi connectivity index (χ3v) is 3.67. The molecule has 0 aliphatic heterocycles. The molecule has 3 nitrogen and oxygen atoms in total. The van der Waals surface area contributed by atoms with Crippen LogP contribution in [0.15, 0.2) is 18.2 Å². The van der Waals surface area contributed by atoms with E-state index in [4.69, 9.17) is 16.2 Å². The maximum absolute atomic E-state index is 6.02. The fourth-order valence-corrected chi connectivity index (χ4v) is 2.12. The molecule has 0 radical (unpaired) electrons. The Morgan fingerprint density at radius 1 is 1.32 bits per heavy atom. The van der Waals surface area contributed by atoms with Crippen molar-refractivity contribution in [3.63, 3.8) is 0 Å². The van der Waals surface area contributed by atoms with Crippen molar-refractivity contribution in [3.05, 3.63) is 29.3 Å². The average Bonchev–Trinajstić information content (AvgIpc) is 3.18. The van der Waals surface area contributed by atoms with E-state index < -0.39 is 0 Å². The number of hydrogen-bond donors (Lipinski definition) is 2. The van der Waals surface area contributed by atoms with E-state index in [2.05, 4.69) is 26.8 Å². The Labute approximate surface area is 116 Å². The first kappa shape index (κ1) is 14.4. The van der Waals surface area contributed by atoms with Crippen molar-refractivity contribution in [2.45, 2.75) is 45.1 Å². The minimum absolute atomic E-state index is 0.0449. The van der Waals surface area contributed by atoms with Gasteiger partial charge in [0.25, 0.3) is 0 Å². The smallest absolute Gasteiger partial charge is 0.123 e. The van der Waals surface area contributed by atoms with E-state index >= 15 is 0 Å². The van der Waals surface area contributed by atoms with Gasteiger partial charge in [-0.1, -0.05) is 26.8 Å². The SMILES string of the molecule is CC(C)(C)c1cc(C(N)CN)ccc1OCC1CC1. The zero-order valence-corrected chi connectivity index (χ0v) is 12.3. The topological polar surface area (TPSA) is 61.3 Å². The van der Waals surface area contributed by atoms with Gasteiger partial charge in [-0.15, -0.1) is 0 Å². The molecule has 0 spiro atoms. The molecule has 1 aliphatic carbocycles. The predicted molar refractivity (Wildman–Crippen MR) is 79.3 cm³/mol. The fraction of sp³-hybridized carbons (Fsp3) is 0.625. The highest BCUT2D eigenvalue weighted by Gasteiger charge is 2.25. The van der Waals surface area contributed by atoms with E-state index in [1.165, 1.54) is 18.4 Å². The fourth-order valence-electron chi connectivity index (χ4n) is 2.12. The summed E-state index contributed by atoms with van der Waals surface area (Å²) in [5.41, 5.74) is 14.0. The minimum atomic E-state index is -0.0985. The molecule has 0 saturated heterocycles. The summed E-state index contributed by atoms with van der Waals surface area (Å²) in [5.74, 6) is 1.76. The molecule has 1 saturated carbocycles. The quantitative estimate of drug-likeness (QED) is 0.857. The second-order valence-corrected chi connectivity index (χ2v) is 6.60. The lowest BCUT2D eigenvalue weighted by atomic mass is 9.84. The Kier molecular flexibility index (Phi) is 4.16. The highest BCUT2D eigenvalue weighted by molar-refractivity contribution is 5.42. The molecule has 1 atom stereocenters. The van der Waals surface area contributed by atoms with Crippen LogP contribution in [-0.2, 0) is 5.41 Å². The molecule has 3 heteroatoms. The summed E-state index contributed by atoms with van der Waals surface area (Å²) in [5, 5.41) is 0. The van der Waals surface area contributed by atoms with Crippen LogP contribution in [0.4, 0.5) is 0 Å². The van der Waals surface area contributed by atoms with Gasteiger partial charge in [-0.3, -0.25) is 0 Å². The van der Waals surface area contributed by atoms with Gasteiger partial charge >= 0.3 is 0 Å². The van der Waals surface area contributed by atoms with Crippen LogP contribution >= 0.6 is 0 Å². The van der Waals surface area contributed by atoms with Crippen molar-refractivity contribution in [2.75, 3.05) is 13.2 Å². The number of hydrogen-bond acceptors (Lipinski definition) is 3. The molecule has 1 aromatic rings. The van der Waals surface area contributed by atoms with Crippen LogP contribution in [0, 0.1) is 5.92 Å². The summed E-state index contributed by atoms with van der Waals surface area (Å²) >= 11 is 0. The molecule has 19 heavy (non-hydrogen) atoms. The van der Waals surface area contributed by atoms with Crippen LogP contribution in [0.2, 0.25) is 0 Å². The van der Waals surface area contributed by atoms with Gasteiger partial charge in [-0.05, 0) is 47.4 Å². The zero-order chi connectivity index (χ0) is 14.0. The molecule has 106 valence electrons. The third-order valence-electron chi connectivity index (χ3n) is 3.67. The Morgan fingerprint density at radius 3 is 2.53 bits per heavy atom. The molecule has 0 amide bonds. The van der Waals surface area contributed by atoms with E-state index in [0.717, 1.165) is 23.8 Å². The molecule has 1 fully saturated rings. The van der Waals surface area contributed by atoms with Crippen molar-refractivity contribution in [1.29, 1.82) is 0 Å². The number of benzene rings is 1. The molecule has 0 aromatic heterocycles. The summed E-state index contributed by atoms with van der Waals surface area (Å²) in [6, 6.07) is 6.14. The van der Waals surface area contributed by atoms with Crippen molar-refractivity contribution in [2.24, 2.45) is 17.4 Å². The van der Waals surface area contributed by atoms with Gasteiger partial charge in [0.2, 0.25) is 0 Å². The summed E-state index contributed by atoms with van der Waals surface area (Å²) in [7, 11) is 0. The van der Waals surface area contributed by atoms with E-state index in [1.807, 2.05) is 12.1 Å². The normalized spacial score (nSPS) is 17.3. The molecule has 1 aromatic carbocycles. The van der Waals surface area contributed by atoms with Gasteiger partial charge in [-0.2, -0.15) is 0 Å². The predicted octanol–water partition coefficient (Wildman–Crippen LogP) is 2.73. The molecule has 1 aliphatic rings. The van der Waals surface area contributed by atoms with Crippen LogP contribution in [0.5, 0.6) is 5.75 Å². The van der Waals surface area contributed by atoms with Crippen molar-refractivity contribution < 1.29 is 4.74 Å². The first-order valence-corrected chi connectivity index (χ1v) is 7.14. The van der Waals surface area contributed by atoms with Crippen molar-refractivity contribution >= 4 is 0 Å². The van der Waals surface area contributed by atoms with Gasteiger partial charge < -0.3 is 16.2 Å². The Balaban J connectivity index is 2.25. The van der Waals surface area contributed by atoms with E-state index in [0.29, 0.717) is 6.54 Å². The second kappa shape index (κ2) is 5.51. The molecule has 0 bridgehead atoms. The summed E-state index contributed by atoms with van der Waals surface area (Å²) in [6.07, 6.45) is 2.61. The lowest BCUT2D eigenvalue weighted by molar-refractivity contribution is 0.292. The molecule has 4 N–H and O–H groups in total. The van der Waals surface area contributed by atoms with Crippen LogP contribution < -0.4 is 16.2 Å².